The van der Waals surface area contributed by atoms with Crippen molar-refractivity contribution in [3.63, 3.8) is 0 Å². The standard InChI is InChI=1S/C21H18F2N2O4S2/c1-3-29-21(26)18-11-14(20(30)24-17-6-4-5-16(22)19(17)23)12-25(18)31(27,28)15-9-7-13(2)8-10-15/h4-12H,3H2,1-2H3,(H,24,30). The number of benzene rings is 2. The summed E-state index contributed by atoms with van der Waals surface area (Å²) in [5, 5.41) is 2.53. The van der Waals surface area contributed by atoms with E-state index in [-0.39, 0.29) is 33.4 Å². The van der Waals surface area contributed by atoms with Gasteiger partial charge in [0, 0.05) is 11.8 Å². The Balaban J connectivity index is 2.05. The number of carbonyl (C=O) groups is 1. The second-order valence-corrected chi connectivity index (χ2v) is 8.73. The molecule has 0 aliphatic rings. The van der Waals surface area contributed by atoms with Crippen LogP contribution in [0.25, 0.3) is 0 Å². The fourth-order valence-electron chi connectivity index (χ4n) is 2.74. The van der Waals surface area contributed by atoms with Crippen LogP contribution in [0.2, 0.25) is 0 Å². The van der Waals surface area contributed by atoms with Crippen LogP contribution in [0.1, 0.15) is 28.5 Å². The van der Waals surface area contributed by atoms with Crippen LogP contribution in [0, 0.1) is 18.6 Å². The Morgan fingerprint density at radius 2 is 1.84 bits per heavy atom. The highest BCUT2D eigenvalue weighted by Crippen LogP contribution is 2.23. The molecule has 0 unspecified atom stereocenters. The van der Waals surface area contributed by atoms with Crippen molar-refractivity contribution in [3.05, 3.63) is 83.2 Å². The van der Waals surface area contributed by atoms with Gasteiger partial charge in [0.15, 0.2) is 11.6 Å². The van der Waals surface area contributed by atoms with E-state index in [9.17, 15) is 22.0 Å². The van der Waals surface area contributed by atoms with Crippen molar-refractivity contribution >= 4 is 38.9 Å². The minimum atomic E-state index is -4.16. The highest BCUT2D eigenvalue weighted by atomic mass is 32.2. The van der Waals surface area contributed by atoms with E-state index in [1.807, 2.05) is 6.92 Å². The summed E-state index contributed by atoms with van der Waals surface area (Å²) >= 11 is 5.23. The third-order valence-electron chi connectivity index (χ3n) is 4.31. The maximum absolute atomic E-state index is 14.0. The van der Waals surface area contributed by atoms with Crippen LogP contribution in [0.5, 0.6) is 0 Å². The molecule has 162 valence electrons. The molecule has 1 aromatic heterocycles. The minimum Gasteiger partial charge on any atom is -0.461 e. The average Bonchev–Trinajstić information content (AvgIpc) is 3.19. The summed E-state index contributed by atoms with van der Waals surface area (Å²) in [7, 11) is -4.16. The van der Waals surface area contributed by atoms with Crippen molar-refractivity contribution < 1.29 is 26.7 Å². The van der Waals surface area contributed by atoms with Crippen molar-refractivity contribution in [2.75, 3.05) is 11.9 Å². The number of thiocarbonyl (C=S) groups is 1. The maximum atomic E-state index is 14.0. The first-order valence-electron chi connectivity index (χ1n) is 9.12. The van der Waals surface area contributed by atoms with Gasteiger partial charge in [-0.1, -0.05) is 36.0 Å². The zero-order valence-corrected chi connectivity index (χ0v) is 18.2. The van der Waals surface area contributed by atoms with Gasteiger partial charge in [-0.05, 0) is 44.2 Å². The number of hydrogen-bond acceptors (Lipinski definition) is 5. The molecule has 0 saturated carbocycles. The first-order valence-corrected chi connectivity index (χ1v) is 11.0. The van der Waals surface area contributed by atoms with Crippen LogP contribution in [0.3, 0.4) is 0 Å². The van der Waals surface area contributed by atoms with Gasteiger partial charge in [0.2, 0.25) is 0 Å². The van der Waals surface area contributed by atoms with E-state index in [2.05, 4.69) is 5.32 Å². The number of aryl methyl sites for hydroxylation is 1. The molecule has 2 aromatic carbocycles. The highest BCUT2D eigenvalue weighted by molar-refractivity contribution is 7.90. The second-order valence-electron chi connectivity index (χ2n) is 6.50. The Kier molecular flexibility index (Phi) is 6.51. The summed E-state index contributed by atoms with van der Waals surface area (Å²) in [5.74, 6) is -3.08. The third-order valence-corrected chi connectivity index (χ3v) is 6.34. The SMILES string of the molecule is CCOC(=O)c1cc(C(=S)Nc2cccc(F)c2F)cn1S(=O)(=O)c1ccc(C)cc1. The van der Waals surface area contributed by atoms with Gasteiger partial charge in [0.05, 0.1) is 17.2 Å². The summed E-state index contributed by atoms with van der Waals surface area (Å²) in [6.07, 6.45) is 1.13. The molecular weight excluding hydrogens is 446 g/mol. The van der Waals surface area contributed by atoms with E-state index >= 15 is 0 Å². The Morgan fingerprint density at radius 3 is 2.48 bits per heavy atom. The number of nitrogens with one attached hydrogen (secondary N) is 1. The molecule has 0 saturated heterocycles. The van der Waals surface area contributed by atoms with Gasteiger partial charge in [-0.3, -0.25) is 0 Å². The monoisotopic (exact) mass is 464 g/mol. The van der Waals surface area contributed by atoms with Crippen molar-refractivity contribution in [1.29, 1.82) is 0 Å². The molecule has 0 fully saturated rings. The predicted molar refractivity (Wildman–Crippen MR) is 116 cm³/mol. The van der Waals surface area contributed by atoms with E-state index in [1.54, 1.807) is 19.1 Å². The van der Waals surface area contributed by atoms with E-state index in [0.29, 0.717) is 0 Å². The number of ether oxygens (including phenoxy) is 1. The van der Waals surface area contributed by atoms with Gasteiger partial charge in [0.25, 0.3) is 10.0 Å². The quantitative estimate of drug-likeness (QED) is 0.434. The van der Waals surface area contributed by atoms with Crippen molar-refractivity contribution in [1.82, 2.24) is 3.97 Å². The van der Waals surface area contributed by atoms with Crippen molar-refractivity contribution in [2.45, 2.75) is 18.7 Å². The number of nitrogens with zero attached hydrogens (tertiary/aromatic N) is 1. The number of esters is 1. The summed E-state index contributed by atoms with van der Waals surface area (Å²) in [5.41, 5.74) is 0.468. The Hall–Kier alpha value is -3.11. The molecule has 0 aliphatic heterocycles. The maximum Gasteiger partial charge on any atom is 0.356 e. The lowest BCUT2D eigenvalue weighted by Crippen LogP contribution is -2.19. The van der Waals surface area contributed by atoms with Gasteiger partial charge in [0.1, 0.15) is 10.7 Å². The summed E-state index contributed by atoms with van der Waals surface area (Å²) in [4.78, 5) is 12.3. The summed E-state index contributed by atoms with van der Waals surface area (Å²) in [6, 6.07) is 10.8. The molecule has 10 heteroatoms. The summed E-state index contributed by atoms with van der Waals surface area (Å²) in [6.45, 7) is 3.42. The van der Waals surface area contributed by atoms with Crippen molar-refractivity contribution in [3.8, 4) is 0 Å². The molecule has 31 heavy (non-hydrogen) atoms. The number of hydrogen-bond donors (Lipinski definition) is 1. The molecule has 0 aliphatic carbocycles. The smallest absolute Gasteiger partial charge is 0.356 e. The fraction of sp³-hybridized carbons (Fsp3) is 0.143. The van der Waals surface area contributed by atoms with E-state index in [0.717, 1.165) is 21.8 Å². The second kappa shape index (κ2) is 8.94. The largest absolute Gasteiger partial charge is 0.461 e. The topological polar surface area (TPSA) is 77.4 Å². The number of rotatable bonds is 6. The van der Waals surface area contributed by atoms with Crippen LogP contribution >= 0.6 is 12.2 Å². The Labute approximate surface area is 183 Å². The highest BCUT2D eigenvalue weighted by Gasteiger charge is 2.26. The predicted octanol–water partition coefficient (Wildman–Crippen LogP) is 4.28. The first-order chi connectivity index (χ1) is 14.6. The molecule has 3 aromatic rings. The minimum absolute atomic E-state index is 0.0289. The first kappa shape index (κ1) is 22.6. The molecule has 0 atom stereocenters. The third kappa shape index (κ3) is 4.64. The molecule has 1 heterocycles. The van der Waals surface area contributed by atoms with E-state index in [4.69, 9.17) is 17.0 Å². The van der Waals surface area contributed by atoms with Gasteiger partial charge >= 0.3 is 5.97 Å². The molecule has 0 radical (unpaired) electrons. The zero-order valence-electron chi connectivity index (χ0n) is 16.6. The lowest BCUT2D eigenvalue weighted by atomic mass is 10.2. The summed E-state index contributed by atoms with van der Waals surface area (Å²) < 4.78 is 59.5. The van der Waals surface area contributed by atoms with Gasteiger partial charge in [-0.25, -0.2) is 26.0 Å². The van der Waals surface area contributed by atoms with Crippen LogP contribution < -0.4 is 5.32 Å². The molecule has 0 bridgehead atoms. The Bertz CT molecular complexity index is 1250. The lowest BCUT2D eigenvalue weighted by molar-refractivity contribution is 0.0518. The molecular formula is C21H18F2N2O4S2. The van der Waals surface area contributed by atoms with E-state index < -0.39 is 27.6 Å². The zero-order chi connectivity index (χ0) is 22.8. The van der Waals surface area contributed by atoms with Crippen LogP contribution in [0.15, 0.2) is 59.6 Å². The van der Waals surface area contributed by atoms with Crippen LogP contribution in [0.4, 0.5) is 14.5 Å². The number of halogens is 2. The molecule has 0 amide bonds. The fourth-order valence-corrected chi connectivity index (χ4v) is 4.31. The van der Waals surface area contributed by atoms with Crippen LogP contribution in [-0.4, -0.2) is 30.0 Å². The Morgan fingerprint density at radius 1 is 1.16 bits per heavy atom. The van der Waals surface area contributed by atoms with Crippen LogP contribution in [-0.2, 0) is 14.8 Å². The number of anilines is 1. The molecule has 6 nitrogen and oxygen atoms in total. The molecule has 1 N–H and O–H groups in total. The van der Waals surface area contributed by atoms with E-state index in [1.165, 1.54) is 30.3 Å². The van der Waals surface area contributed by atoms with Gasteiger partial charge in [-0.15, -0.1) is 0 Å². The number of carbonyl (C=O) groups excluding carboxylic acids is 1. The molecule has 0 spiro atoms. The average molecular weight is 465 g/mol. The normalized spacial score (nSPS) is 11.2. The van der Waals surface area contributed by atoms with Crippen molar-refractivity contribution in [2.24, 2.45) is 0 Å². The lowest BCUT2D eigenvalue weighted by Gasteiger charge is -2.10. The van der Waals surface area contributed by atoms with Gasteiger partial charge in [-0.2, -0.15) is 0 Å². The van der Waals surface area contributed by atoms with Gasteiger partial charge < -0.3 is 10.1 Å². The number of aromatic nitrogens is 1. The molecule has 3 rings (SSSR count).